The van der Waals surface area contributed by atoms with Gasteiger partial charge in [-0.25, -0.2) is 4.98 Å². The van der Waals surface area contributed by atoms with E-state index in [2.05, 4.69) is 10.3 Å². The summed E-state index contributed by atoms with van der Waals surface area (Å²) >= 11 is 5.69. The molecule has 92 valence electrons. The molecular weight excluding hydrogens is 252 g/mol. The Morgan fingerprint density at radius 2 is 2.22 bits per heavy atom. The normalized spacial score (nSPS) is 10.8. The summed E-state index contributed by atoms with van der Waals surface area (Å²) in [5, 5.41) is 3.13. The third kappa shape index (κ3) is 3.46. The van der Waals surface area contributed by atoms with Gasteiger partial charge >= 0.3 is 0 Å². The first-order valence-corrected chi connectivity index (χ1v) is 5.68. The van der Waals surface area contributed by atoms with Crippen molar-refractivity contribution < 1.29 is 9.21 Å². The molecule has 0 saturated heterocycles. The molecule has 0 unspecified atom stereocenters. The summed E-state index contributed by atoms with van der Waals surface area (Å²) in [6, 6.07) is 6.91. The second-order valence-corrected chi connectivity index (χ2v) is 4.07. The standard InChI is InChI=1S/C13H11ClN2O2/c1-9-2-4-11(18-9)5-7-13(17)16-12-6-3-10(14)8-15-12/h2-8H,1H3,(H,15,16,17)/b7-5-. The minimum atomic E-state index is -0.279. The van der Waals surface area contributed by atoms with Crippen molar-refractivity contribution in [2.75, 3.05) is 5.32 Å². The summed E-state index contributed by atoms with van der Waals surface area (Å²) in [5.74, 6) is 1.60. The summed E-state index contributed by atoms with van der Waals surface area (Å²) in [7, 11) is 0. The van der Waals surface area contributed by atoms with Crippen molar-refractivity contribution in [3.05, 3.63) is 53.1 Å². The molecule has 0 aromatic carbocycles. The highest BCUT2D eigenvalue weighted by atomic mass is 35.5. The van der Waals surface area contributed by atoms with Crippen LogP contribution in [-0.2, 0) is 4.79 Å². The topological polar surface area (TPSA) is 55.1 Å². The number of aryl methyl sites for hydroxylation is 1. The average Bonchev–Trinajstić information content (AvgIpc) is 2.76. The van der Waals surface area contributed by atoms with E-state index in [0.29, 0.717) is 16.6 Å². The number of aromatic nitrogens is 1. The van der Waals surface area contributed by atoms with Gasteiger partial charge in [-0.05, 0) is 37.3 Å². The minimum Gasteiger partial charge on any atom is -0.462 e. The Kier molecular flexibility index (Phi) is 3.79. The highest BCUT2D eigenvalue weighted by Gasteiger charge is 2.00. The van der Waals surface area contributed by atoms with Gasteiger partial charge in [0.2, 0.25) is 5.91 Å². The number of hydrogen-bond acceptors (Lipinski definition) is 3. The molecule has 2 aromatic heterocycles. The molecule has 2 aromatic rings. The van der Waals surface area contributed by atoms with Gasteiger partial charge in [-0.1, -0.05) is 11.6 Å². The number of carbonyl (C=O) groups is 1. The number of nitrogens with one attached hydrogen (secondary N) is 1. The van der Waals surface area contributed by atoms with Crippen LogP contribution in [0.25, 0.3) is 6.08 Å². The molecule has 0 fully saturated rings. The van der Waals surface area contributed by atoms with E-state index in [1.54, 1.807) is 24.3 Å². The van der Waals surface area contributed by atoms with E-state index in [1.165, 1.54) is 12.3 Å². The van der Waals surface area contributed by atoms with Crippen LogP contribution in [0.3, 0.4) is 0 Å². The first kappa shape index (κ1) is 12.4. The molecule has 0 bridgehead atoms. The van der Waals surface area contributed by atoms with Crippen LogP contribution in [0.15, 0.2) is 41.0 Å². The second-order valence-electron chi connectivity index (χ2n) is 3.63. The summed E-state index contributed by atoms with van der Waals surface area (Å²) in [6.45, 7) is 1.84. The molecule has 2 rings (SSSR count). The van der Waals surface area contributed by atoms with Gasteiger partial charge in [-0.15, -0.1) is 0 Å². The Morgan fingerprint density at radius 3 is 2.83 bits per heavy atom. The molecule has 5 heteroatoms. The van der Waals surface area contributed by atoms with E-state index >= 15 is 0 Å². The summed E-state index contributed by atoms with van der Waals surface area (Å²) in [6.07, 6.45) is 4.45. The Morgan fingerprint density at radius 1 is 1.39 bits per heavy atom. The predicted octanol–water partition coefficient (Wildman–Crippen LogP) is 3.29. The van der Waals surface area contributed by atoms with E-state index in [4.69, 9.17) is 16.0 Å². The van der Waals surface area contributed by atoms with Crippen molar-refractivity contribution in [3.63, 3.8) is 0 Å². The fraction of sp³-hybridized carbons (Fsp3) is 0.0769. The summed E-state index contributed by atoms with van der Waals surface area (Å²) in [4.78, 5) is 15.5. The van der Waals surface area contributed by atoms with Crippen LogP contribution in [0.1, 0.15) is 11.5 Å². The fourth-order valence-corrected chi connectivity index (χ4v) is 1.43. The molecule has 0 aliphatic rings. The zero-order chi connectivity index (χ0) is 13.0. The van der Waals surface area contributed by atoms with Gasteiger partial charge in [0.25, 0.3) is 0 Å². The molecule has 2 heterocycles. The van der Waals surface area contributed by atoms with Crippen molar-refractivity contribution in [2.24, 2.45) is 0 Å². The largest absolute Gasteiger partial charge is 0.462 e. The van der Waals surface area contributed by atoms with Gasteiger partial charge in [0, 0.05) is 12.3 Å². The molecule has 0 saturated carbocycles. The molecule has 0 atom stereocenters. The fourth-order valence-electron chi connectivity index (χ4n) is 1.32. The third-order valence-electron chi connectivity index (χ3n) is 2.14. The summed E-state index contributed by atoms with van der Waals surface area (Å²) in [5.41, 5.74) is 0. The molecular formula is C13H11ClN2O2. The van der Waals surface area contributed by atoms with Crippen molar-refractivity contribution in [1.82, 2.24) is 4.98 Å². The maximum Gasteiger partial charge on any atom is 0.249 e. The van der Waals surface area contributed by atoms with Gasteiger partial charge in [-0.3, -0.25) is 4.79 Å². The molecule has 0 radical (unpaired) electrons. The van der Waals surface area contributed by atoms with Gasteiger partial charge in [0.05, 0.1) is 5.02 Å². The van der Waals surface area contributed by atoms with E-state index in [1.807, 2.05) is 13.0 Å². The number of pyridine rings is 1. The van der Waals surface area contributed by atoms with E-state index in [0.717, 1.165) is 5.76 Å². The van der Waals surface area contributed by atoms with Gasteiger partial charge in [0.15, 0.2) is 0 Å². The Labute approximate surface area is 109 Å². The molecule has 0 aliphatic heterocycles. The third-order valence-corrected chi connectivity index (χ3v) is 2.36. The SMILES string of the molecule is Cc1ccc(/C=C\C(=O)Nc2ccc(Cl)cn2)o1. The summed E-state index contributed by atoms with van der Waals surface area (Å²) < 4.78 is 5.30. The lowest BCUT2D eigenvalue weighted by molar-refractivity contribution is -0.111. The number of anilines is 1. The highest BCUT2D eigenvalue weighted by molar-refractivity contribution is 6.30. The van der Waals surface area contributed by atoms with Crippen LogP contribution in [0.2, 0.25) is 5.02 Å². The lowest BCUT2D eigenvalue weighted by Crippen LogP contribution is -2.08. The average molecular weight is 263 g/mol. The zero-order valence-electron chi connectivity index (χ0n) is 9.68. The van der Waals surface area contributed by atoms with Gasteiger partial charge in [0.1, 0.15) is 17.3 Å². The minimum absolute atomic E-state index is 0.279. The van der Waals surface area contributed by atoms with Crippen LogP contribution in [0.4, 0.5) is 5.82 Å². The molecule has 1 amide bonds. The number of halogens is 1. The Bertz CT molecular complexity index is 573. The predicted molar refractivity (Wildman–Crippen MR) is 70.4 cm³/mol. The highest BCUT2D eigenvalue weighted by Crippen LogP contribution is 2.10. The van der Waals surface area contributed by atoms with Gasteiger partial charge < -0.3 is 9.73 Å². The molecule has 1 N–H and O–H groups in total. The van der Waals surface area contributed by atoms with Crippen molar-refractivity contribution in [1.29, 1.82) is 0 Å². The smallest absolute Gasteiger partial charge is 0.249 e. The van der Waals surface area contributed by atoms with Gasteiger partial charge in [-0.2, -0.15) is 0 Å². The number of rotatable bonds is 3. The molecule has 18 heavy (non-hydrogen) atoms. The van der Waals surface area contributed by atoms with Crippen LogP contribution >= 0.6 is 11.6 Å². The number of amides is 1. The number of carbonyl (C=O) groups excluding carboxylic acids is 1. The quantitative estimate of drug-likeness (QED) is 0.864. The molecule has 0 spiro atoms. The van der Waals surface area contributed by atoms with Crippen molar-refractivity contribution >= 4 is 29.4 Å². The zero-order valence-corrected chi connectivity index (χ0v) is 10.4. The first-order chi connectivity index (χ1) is 8.63. The lowest BCUT2D eigenvalue weighted by Gasteiger charge is -1.99. The number of nitrogens with zero attached hydrogens (tertiary/aromatic N) is 1. The van der Waals surface area contributed by atoms with Crippen LogP contribution in [-0.4, -0.2) is 10.9 Å². The molecule has 0 aliphatic carbocycles. The van der Waals surface area contributed by atoms with Crippen LogP contribution < -0.4 is 5.32 Å². The van der Waals surface area contributed by atoms with Crippen molar-refractivity contribution in [2.45, 2.75) is 6.92 Å². The number of furan rings is 1. The van der Waals surface area contributed by atoms with Crippen LogP contribution in [0.5, 0.6) is 0 Å². The first-order valence-electron chi connectivity index (χ1n) is 5.30. The van der Waals surface area contributed by atoms with Crippen LogP contribution in [0, 0.1) is 6.92 Å². The second kappa shape index (κ2) is 5.51. The maximum atomic E-state index is 11.6. The lowest BCUT2D eigenvalue weighted by atomic mass is 10.3. The van der Waals surface area contributed by atoms with E-state index in [9.17, 15) is 4.79 Å². The van der Waals surface area contributed by atoms with Crippen molar-refractivity contribution in [3.8, 4) is 0 Å². The molecule has 4 nitrogen and oxygen atoms in total. The number of hydrogen-bond donors (Lipinski definition) is 1. The monoisotopic (exact) mass is 262 g/mol. The Balaban J connectivity index is 1.96. The Hall–Kier alpha value is -2.07. The van der Waals surface area contributed by atoms with E-state index < -0.39 is 0 Å². The maximum absolute atomic E-state index is 11.6. The van der Waals surface area contributed by atoms with E-state index in [-0.39, 0.29) is 5.91 Å².